The number of ether oxygens (including phenoxy) is 2. The first-order chi connectivity index (χ1) is 9.12. The van der Waals surface area contributed by atoms with Crippen molar-refractivity contribution in [1.82, 2.24) is 0 Å². The molecule has 0 unspecified atom stereocenters. The fourth-order valence-corrected chi connectivity index (χ4v) is 2.43. The van der Waals surface area contributed by atoms with Crippen molar-refractivity contribution < 1.29 is 19.1 Å². The first kappa shape index (κ1) is 19.9. The van der Waals surface area contributed by atoms with Crippen LogP contribution in [0.4, 0.5) is 0 Å². The molecule has 0 spiro atoms. The number of hydrogen-bond acceptors (Lipinski definition) is 8. The van der Waals surface area contributed by atoms with Crippen LogP contribution < -0.4 is 0 Å². The zero-order valence-electron chi connectivity index (χ0n) is 11.3. The Morgan fingerprint density at radius 3 is 1.40 bits per heavy atom. The zero-order chi connectivity index (χ0) is 15.8. The molecular formula is C12H18O4S4. The highest BCUT2D eigenvalue weighted by atomic mass is 32.2. The van der Waals surface area contributed by atoms with Gasteiger partial charge in [-0.15, -0.1) is 50.5 Å². The second kappa shape index (κ2) is 9.03. The molecule has 0 heterocycles. The number of thiol groups is 4. The van der Waals surface area contributed by atoms with Crippen molar-refractivity contribution in [3.63, 3.8) is 0 Å². The SMILES string of the molecule is CCCC(S)(S)OC(=O)C#CC(=O)OC(S)(S)CCC. The maximum Gasteiger partial charge on any atom is 0.386 e. The summed E-state index contributed by atoms with van der Waals surface area (Å²) in [5.41, 5.74) is 0. The fourth-order valence-electron chi connectivity index (χ4n) is 1.20. The van der Waals surface area contributed by atoms with Gasteiger partial charge in [-0.05, 0) is 0 Å². The molecule has 20 heavy (non-hydrogen) atoms. The lowest BCUT2D eigenvalue weighted by Crippen LogP contribution is -2.23. The van der Waals surface area contributed by atoms with E-state index in [1.807, 2.05) is 25.7 Å². The molecule has 0 aliphatic heterocycles. The van der Waals surface area contributed by atoms with Crippen molar-refractivity contribution in [1.29, 1.82) is 0 Å². The van der Waals surface area contributed by atoms with E-state index in [9.17, 15) is 9.59 Å². The molecule has 8 heteroatoms. The van der Waals surface area contributed by atoms with E-state index in [0.717, 1.165) is 12.8 Å². The lowest BCUT2D eigenvalue weighted by atomic mass is 10.3. The summed E-state index contributed by atoms with van der Waals surface area (Å²) >= 11 is 16.2. The third-order valence-electron chi connectivity index (χ3n) is 1.93. The Morgan fingerprint density at radius 1 is 0.850 bits per heavy atom. The highest BCUT2D eigenvalue weighted by Gasteiger charge is 2.25. The summed E-state index contributed by atoms with van der Waals surface area (Å²) in [5.74, 6) is 2.21. The Morgan fingerprint density at radius 2 is 1.15 bits per heavy atom. The molecule has 0 saturated carbocycles. The van der Waals surface area contributed by atoms with E-state index in [4.69, 9.17) is 9.47 Å². The predicted octanol–water partition coefficient (Wildman–Crippen LogP) is 2.70. The van der Waals surface area contributed by atoms with Crippen LogP contribution in [0.15, 0.2) is 0 Å². The van der Waals surface area contributed by atoms with E-state index in [0.29, 0.717) is 12.8 Å². The quantitative estimate of drug-likeness (QED) is 0.195. The molecule has 0 aromatic heterocycles. The van der Waals surface area contributed by atoms with Crippen LogP contribution >= 0.6 is 50.5 Å². The van der Waals surface area contributed by atoms with Crippen LogP contribution in [0.2, 0.25) is 0 Å². The van der Waals surface area contributed by atoms with Crippen molar-refractivity contribution in [3.8, 4) is 11.8 Å². The average molecular weight is 355 g/mol. The Bertz CT molecular complexity index is 373. The van der Waals surface area contributed by atoms with Crippen LogP contribution in [0.3, 0.4) is 0 Å². The highest BCUT2D eigenvalue weighted by molar-refractivity contribution is 8.00. The van der Waals surface area contributed by atoms with Gasteiger partial charge in [0.1, 0.15) is 0 Å². The van der Waals surface area contributed by atoms with Gasteiger partial charge < -0.3 is 9.47 Å². The minimum Gasteiger partial charge on any atom is -0.429 e. The van der Waals surface area contributed by atoms with Gasteiger partial charge in [0.05, 0.1) is 0 Å². The van der Waals surface area contributed by atoms with Gasteiger partial charge in [-0.1, -0.05) is 26.7 Å². The van der Waals surface area contributed by atoms with Crippen LogP contribution in [0, 0.1) is 11.8 Å². The minimum atomic E-state index is -1.20. The van der Waals surface area contributed by atoms with Crippen LogP contribution in [0.5, 0.6) is 0 Å². The monoisotopic (exact) mass is 354 g/mol. The lowest BCUT2D eigenvalue weighted by Gasteiger charge is -2.21. The topological polar surface area (TPSA) is 52.6 Å². The Kier molecular flexibility index (Phi) is 8.98. The maximum atomic E-state index is 11.4. The second-order valence-corrected chi connectivity index (χ2v) is 7.61. The van der Waals surface area contributed by atoms with E-state index >= 15 is 0 Å². The van der Waals surface area contributed by atoms with Gasteiger partial charge in [0.2, 0.25) is 0 Å². The standard InChI is InChI=1S/C12H18O4S4/c1-3-7-11(17,18)15-9(13)5-6-10(14)16-12(19,20)8-4-2/h17-20H,3-4,7-8H2,1-2H3. The molecule has 0 rings (SSSR count). The summed E-state index contributed by atoms with van der Waals surface area (Å²) in [6.07, 6.45) is 2.36. The lowest BCUT2D eigenvalue weighted by molar-refractivity contribution is -0.141. The van der Waals surface area contributed by atoms with Crippen molar-refractivity contribution >= 4 is 62.5 Å². The van der Waals surface area contributed by atoms with Crippen molar-refractivity contribution in [2.45, 2.75) is 48.1 Å². The van der Waals surface area contributed by atoms with Gasteiger partial charge in [0.15, 0.2) is 8.53 Å². The number of carbonyl (C=O) groups is 2. The number of rotatable bonds is 6. The second-order valence-electron chi connectivity index (χ2n) is 4.02. The maximum absolute atomic E-state index is 11.4. The molecule has 0 aliphatic carbocycles. The molecule has 0 bridgehead atoms. The molecule has 0 amide bonds. The largest absolute Gasteiger partial charge is 0.429 e. The molecule has 0 atom stereocenters. The van der Waals surface area contributed by atoms with E-state index in [1.165, 1.54) is 0 Å². The molecule has 0 saturated heterocycles. The van der Waals surface area contributed by atoms with Gasteiger partial charge in [-0.2, -0.15) is 0 Å². The Balaban J connectivity index is 4.45. The predicted molar refractivity (Wildman–Crippen MR) is 91.2 cm³/mol. The minimum absolute atomic E-state index is 0.448. The van der Waals surface area contributed by atoms with Crippen molar-refractivity contribution in [2.24, 2.45) is 0 Å². The van der Waals surface area contributed by atoms with Gasteiger partial charge in [-0.3, -0.25) is 0 Å². The normalized spacial score (nSPS) is 11.3. The molecule has 0 aromatic rings. The molecule has 0 aromatic carbocycles. The van der Waals surface area contributed by atoms with E-state index < -0.39 is 20.5 Å². The van der Waals surface area contributed by atoms with Gasteiger partial charge >= 0.3 is 11.9 Å². The van der Waals surface area contributed by atoms with Crippen LogP contribution in [-0.2, 0) is 19.1 Å². The summed E-state index contributed by atoms with van der Waals surface area (Å²) in [7, 11) is 0. The van der Waals surface area contributed by atoms with Crippen LogP contribution in [0.1, 0.15) is 39.5 Å². The van der Waals surface area contributed by atoms with Gasteiger partial charge in [0, 0.05) is 24.7 Å². The number of carbonyl (C=O) groups excluding carboxylic acids is 2. The van der Waals surface area contributed by atoms with Crippen LogP contribution in [0.25, 0.3) is 0 Å². The number of hydrogen-bond donors (Lipinski definition) is 4. The molecule has 0 N–H and O–H groups in total. The third-order valence-corrected chi connectivity index (χ3v) is 3.19. The highest BCUT2D eigenvalue weighted by Crippen LogP contribution is 2.28. The first-order valence-electron chi connectivity index (χ1n) is 5.99. The van der Waals surface area contributed by atoms with Crippen molar-refractivity contribution in [3.05, 3.63) is 0 Å². The fraction of sp³-hybridized carbons (Fsp3) is 0.667. The van der Waals surface area contributed by atoms with Crippen LogP contribution in [-0.4, -0.2) is 20.5 Å². The molecule has 114 valence electrons. The molecule has 4 nitrogen and oxygen atoms in total. The summed E-state index contributed by atoms with van der Waals surface area (Å²) in [4.78, 5) is 22.8. The third kappa shape index (κ3) is 9.75. The number of esters is 2. The Hall–Kier alpha value is -0.100. The van der Waals surface area contributed by atoms with E-state index in [2.05, 4.69) is 50.5 Å². The summed E-state index contributed by atoms with van der Waals surface area (Å²) in [6, 6.07) is 0. The summed E-state index contributed by atoms with van der Waals surface area (Å²) in [6.45, 7) is 3.79. The molecular weight excluding hydrogens is 336 g/mol. The van der Waals surface area contributed by atoms with Gasteiger partial charge in [-0.25, -0.2) is 9.59 Å². The van der Waals surface area contributed by atoms with E-state index in [-0.39, 0.29) is 0 Å². The first-order valence-corrected chi connectivity index (χ1v) is 7.78. The smallest absolute Gasteiger partial charge is 0.386 e. The van der Waals surface area contributed by atoms with E-state index in [1.54, 1.807) is 0 Å². The summed E-state index contributed by atoms with van der Waals surface area (Å²) < 4.78 is 7.34. The average Bonchev–Trinajstić information content (AvgIpc) is 2.24. The zero-order valence-corrected chi connectivity index (χ0v) is 14.8. The molecule has 0 fully saturated rings. The van der Waals surface area contributed by atoms with Gasteiger partial charge in [0.25, 0.3) is 0 Å². The van der Waals surface area contributed by atoms with Crippen molar-refractivity contribution in [2.75, 3.05) is 0 Å². The molecule has 0 aliphatic rings. The molecule has 0 radical (unpaired) electrons. The Labute approximate surface area is 141 Å². The summed E-state index contributed by atoms with van der Waals surface area (Å²) in [5, 5.41) is 0.